The van der Waals surface area contributed by atoms with Crippen LogP contribution in [0.4, 0.5) is 29.1 Å². The van der Waals surface area contributed by atoms with Crippen molar-refractivity contribution in [1.82, 2.24) is 24.7 Å². The van der Waals surface area contributed by atoms with Crippen LogP contribution in [0.1, 0.15) is 30.5 Å². The molecule has 0 aliphatic carbocycles. The van der Waals surface area contributed by atoms with Gasteiger partial charge in [0.2, 0.25) is 5.91 Å². The number of nitrogens with zero attached hydrogens (tertiary/aromatic N) is 8. The minimum atomic E-state index is -0.432. The standard InChI is InChI=1S/C26H33N11O3/c1-8-22(38)31-21-9-15(2)19(11-27)25(33-21)37-14-28-26(36-37)35-34-23-16(3)10-20(29-17(4)12-39-6)32-24(23)30-18(5)13-40-7/h8-10,14,17-18H,1,12-13H2,2-7H3,(H2,29,30,32)(H,31,33,38). The van der Waals surface area contributed by atoms with Crippen LogP contribution < -0.4 is 16.0 Å². The number of carbonyl (C=O) groups is 1. The lowest BCUT2D eigenvalue weighted by Crippen LogP contribution is -2.24. The first-order valence-electron chi connectivity index (χ1n) is 12.4. The maximum atomic E-state index is 11.8. The molecule has 2 unspecified atom stereocenters. The van der Waals surface area contributed by atoms with Crippen molar-refractivity contribution in [2.75, 3.05) is 43.4 Å². The number of nitrogens with one attached hydrogen (secondary N) is 3. The highest BCUT2D eigenvalue weighted by Crippen LogP contribution is 2.32. The number of rotatable bonds is 13. The molecule has 0 aliphatic heterocycles. The van der Waals surface area contributed by atoms with E-state index >= 15 is 0 Å². The van der Waals surface area contributed by atoms with E-state index in [9.17, 15) is 10.1 Å². The summed E-state index contributed by atoms with van der Waals surface area (Å²) in [5, 5.41) is 31.8. The summed E-state index contributed by atoms with van der Waals surface area (Å²) in [6.07, 6.45) is 2.49. The lowest BCUT2D eigenvalue weighted by Gasteiger charge is -2.19. The molecule has 3 aromatic rings. The number of pyridine rings is 2. The molecule has 3 aromatic heterocycles. The Morgan fingerprint density at radius 1 is 1.10 bits per heavy atom. The highest BCUT2D eigenvalue weighted by molar-refractivity contribution is 5.98. The normalized spacial score (nSPS) is 12.5. The van der Waals surface area contributed by atoms with E-state index in [-0.39, 0.29) is 35.2 Å². The number of aromatic nitrogens is 5. The Balaban J connectivity index is 1.96. The Bertz CT molecular complexity index is 1430. The van der Waals surface area contributed by atoms with Crippen LogP contribution in [0.3, 0.4) is 0 Å². The topological polar surface area (TPSA) is 177 Å². The van der Waals surface area contributed by atoms with E-state index in [0.29, 0.717) is 36.1 Å². The minimum absolute atomic E-state index is 0.0371. The number of nitriles is 1. The summed E-state index contributed by atoms with van der Waals surface area (Å²) < 4.78 is 11.8. The lowest BCUT2D eigenvalue weighted by molar-refractivity contribution is -0.111. The van der Waals surface area contributed by atoms with Crippen molar-refractivity contribution >= 4 is 35.0 Å². The number of azo groups is 1. The number of hydrogen-bond donors (Lipinski definition) is 3. The van der Waals surface area contributed by atoms with Gasteiger partial charge in [0.25, 0.3) is 5.95 Å². The number of ether oxygens (including phenoxy) is 2. The second-order valence-electron chi connectivity index (χ2n) is 9.04. The third-order valence-electron chi connectivity index (χ3n) is 5.48. The summed E-state index contributed by atoms with van der Waals surface area (Å²) in [5.41, 5.74) is 2.19. The lowest BCUT2D eigenvalue weighted by atomic mass is 10.1. The fourth-order valence-corrected chi connectivity index (χ4v) is 3.73. The van der Waals surface area contributed by atoms with Crippen LogP contribution in [-0.2, 0) is 14.3 Å². The average molecular weight is 548 g/mol. The molecule has 14 heteroatoms. The smallest absolute Gasteiger partial charge is 0.287 e. The first kappa shape index (κ1) is 29.8. The van der Waals surface area contributed by atoms with E-state index in [0.717, 1.165) is 11.6 Å². The van der Waals surface area contributed by atoms with E-state index in [4.69, 9.17) is 14.5 Å². The molecule has 14 nitrogen and oxygen atoms in total. The molecule has 0 spiro atoms. The average Bonchev–Trinajstić information content (AvgIpc) is 3.37. The highest BCUT2D eigenvalue weighted by Gasteiger charge is 2.17. The zero-order chi connectivity index (χ0) is 29.2. The first-order chi connectivity index (χ1) is 19.2. The molecule has 0 fully saturated rings. The number of hydrogen-bond acceptors (Lipinski definition) is 12. The largest absolute Gasteiger partial charge is 0.383 e. The highest BCUT2D eigenvalue weighted by atomic mass is 16.5. The second kappa shape index (κ2) is 13.9. The molecular weight excluding hydrogens is 514 g/mol. The number of anilines is 3. The number of amides is 1. The van der Waals surface area contributed by atoms with Gasteiger partial charge in [0.15, 0.2) is 11.6 Å². The zero-order valence-corrected chi connectivity index (χ0v) is 23.4. The fraction of sp³-hybridized carbons (Fsp3) is 0.385. The molecule has 1 amide bonds. The van der Waals surface area contributed by atoms with Crippen LogP contribution in [0, 0.1) is 25.2 Å². The molecule has 3 N–H and O–H groups in total. The van der Waals surface area contributed by atoms with Gasteiger partial charge in [-0.1, -0.05) is 6.58 Å². The first-order valence-corrected chi connectivity index (χ1v) is 12.4. The third kappa shape index (κ3) is 7.65. The summed E-state index contributed by atoms with van der Waals surface area (Å²) in [7, 11) is 3.27. The van der Waals surface area contributed by atoms with Crippen molar-refractivity contribution < 1.29 is 14.3 Å². The van der Waals surface area contributed by atoms with Gasteiger partial charge in [0.05, 0.1) is 18.8 Å². The summed E-state index contributed by atoms with van der Waals surface area (Å²) in [4.78, 5) is 25.0. The van der Waals surface area contributed by atoms with Crippen LogP contribution in [0.2, 0.25) is 0 Å². The molecule has 0 saturated heterocycles. The van der Waals surface area contributed by atoms with Crippen molar-refractivity contribution in [3.8, 4) is 11.9 Å². The Morgan fingerprint density at radius 3 is 2.42 bits per heavy atom. The van der Waals surface area contributed by atoms with Gasteiger partial charge in [0.1, 0.15) is 29.7 Å². The Hall–Kier alpha value is -4.74. The molecular formula is C26H33N11O3. The molecule has 0 saturated carbocycles. The molecule has 40 heavy (non-hydrogen) atoms. The molecule has 0 aliphatic rings. The maximum absolute atomic E-state index is 11.8. The summed E-state index contributed by atoms with van der Waals surface area (Å²) in [6, 6.07) is 5.56. The molecule has 0 radical (unpaired) electrons. The molecule has 210 valence electrons. The van der Waals surface area contributed by atoms with Crippen molar-refractivity contribution in [3.63, 3.8) is 0 Å². The summed E-state index contributed by atoms with van der Waals surface area (Å²) in [5.74, 6) is 1.20. The van der Waals surface area contributed by atoms with Crippen LogP contribution in [0.15, 0.2) is 41.3 Å². The van der Waals surface area contributed by atoms with Crippen LogP contribution in [0.5, 0.6) is 0 Å². The van der Waals surface area contributed by atoms with Crippen molar-refractivity contribution in [3.05, 3.63) is 47.8 Å². The Kier molecular flexibility index (Phi) is 10.3. The third-order valence-corrected chi connectivity index (χ3v) is 5.48. The van der Waals surface area contributed by atoms with E-state index < -0.39 is 5.91 Å². The number of aryl methyl sites for hydroxylation is 2. The van der Waals surface area contributed by atoms with Gasteiger partial charge in [-0.3, -0.25) is 4.79 Å². The van der Waals surface area contributed by atoms with Gasteiger partial charge in [-0.15, -0.1) is 15.3 Å². The van der Waals surface area contributed by atoms with Crippen LogP contribution in [-0.4, -0.2) is 70.2 Å². The fourth-order valence-electron chi connectivity index (χ4n) is 3.73. The summed E-state index contributed by atoms with van der Waals surface area (Å²) in [6.45, 7) is 12.0. The SMILES string of the molecule is C=CC(=O)Nc1cc(C)c(C#N)c(-n2cnc(N=Nc3c(C)cc(NC(C)COC)nc3NC(C)COC)n2)n1. The van der Waals surface area contributed by atoms with E-state index in [2.05, 4.69) is 53.9 Å². The van der Waals surface area contributed by atoms with Crippen molar-refractivity contribution in [1.29, 1.82) is 5.26 Å². The van der Waals surface area contributed by atoms with E-state index in [1.54, 1.807) is 27.2 Å². The zero-order valence-electron chi connectivity index (χ0n) is 23.4. The predicted octanol–water partition coefficient (Wildman–Crippen LogP) is 3.98. The van der Waals surface area contributed by atoms with Gasteiger partial charge in [-0.05, 0) is 57.0 Å². The molecule has 3 heterocycles. The van der Waals surface area contributed by atoms with Gasteiger partial charge < -0.3 is 25.4 Å². The number of carbonyl (C=O) groups excluding carboxylic acids is 1. The van der Waals surface area contributed by atoms with Crippen LogP contribution in [0.25, 0.3) is 5.82 Å². The van der Waals surface area contributed by atoms with Gasteiger partial charge >= 0.3 is 0 Å². The van der Waals surface area contributed by atoms with Crippen molar-refractivity contribution in [2.24, 2.45) is 10.2 Å². The van der Waals surface area contributed by atoms with Crippen molar-refractivity contribution in [2.45, 2.75) is 39.8 Å². The molecule has 0 aromatic carbocycles. The Morgan fingerprint density at radius 2 is 1.77 bits per heavy atom. The monoisotopic (exact) mass is 547 g/mol. The molecule has 0 bridgehead atoms. The van der Waals surface area contributed by atoms with E-state index in [1.165, 1.54) is 11.0 Å². The van der Waals surface area contributed by atoms with E-state index in [1.807, 2.05) is 26.8 Å². The molecule has 3 rings (SSSR count). The number of methoxy groups -OCH3 is 2. The molecule has 2 atom stereocenters. The van der Waals surface area contributed by atoms with Crippen LogP contribution >= 0.6 is 0 Å². The van der Waals surface area contributed by atoms with Gasteiger partial charge in [0, 0.05) is 26.3 Å². The second-order valence-corrected chi connectivity index (χ2v) is 9.04. The minimum Gasteiger partial charge on any atom is -0.383 e. The predicted molar refractivity (Wildman–Crippen MR) is 151 cm³/mol. The summed E-state index contributed by atoms with van der Waals surface area (Å²) >= 11 is 0. The quantitative estimate of drug-likeness (QED) is 0.209. The van der Waals surface area contributed by atoms with Gasteiger partial charge in [-0.2, -0.15) is 14.9 Å². The van der Waals surface area contributed by atoms with Gasteiger partial charge in [-0.25, -0.2) is 9.97 Å². The Labute approximate surface area is 232 Å². The maximum Gasteiger partial charge on any atom is 0.287 e.